The van der Waals surface area contributed by atoms with Gasteiger partial charge in [0.2, 0.25) is 11.9 Å². The molecule has 0 fully saturated rings. The van der Waals surface area contributed by atoms with Crippen LogP contribution in [0.4, 0.5) is 17.3 Å². The van der Waals surface area contributed by atoms with Gasteiger partial charge in [-0.1, -0.05) is 105 Å². The Balaban J connectivity index is 1.15. The lowest BCUT2D eigenvalue weighted by Gasteiger charge is -2.41. The maximum absolute atomic E-state index is 5.45. The zero-order valence-electron chi connectivity index (χ0n) is 33.0. The molecule has 11 rings (SSSR count). The molecule has 0 unspecified atom stereocenters. The zero-order chi connectivity index (χ0) is 39.3. The van der Waals surface area contributed by atoms with Gasteiger partial charge in [0.15, 0.2) is 5.65 Å². The molecule has 278 valence electrons. The second-order valence-electron chi connectivity index (χ2n) is 16.0. The van der Waals surface area contributed by atoms with Crippen molar-refractivity contribution in [1.82, 2.24) is 29.5 Å². The highest BCUT2D eigenvalue weighted by Gasteiger charge is 2.39. The molecular weight excluding hydrogens is 711 g/mol. The van der Waals surface area contributed by atoms with Gasteiger partial charge in [-0.3, -0.25) is 9.47 Å². The van der Waals surface area contributed by atoms with Crippen molar-refractivity contribution in [2.45, 2.75) is 40.0 Å². The molecule has 0 N–H and O–H groups in total. The minimum absolute atomic E-state index is 0.320. The Morgan fingerprint density at radius 2 is 1.17 bits per heavy atom. The van der Waals surface area contributed by atoms with E-state index in [9.17, 15) is 0 Å². The van der Waals surface area contributed by atoms with Crippen LogP contribution < -0.4 is 4.90 Å². The fraction of sp³-hybridized carbons (Fsp3) is 0.118. The molecule has 0 radical (unpaired) electrons. The largest absolute Gasteiger partial charge is 0.282 e. The van der Waals surface area contributed by atoms with Crippen molar-refractivity contribution in [2.75, 3.05) is 4.90 Å². The van der Waals surface area contributed by atoms with Gasteiger partial charge in [-0.15, -0.1) is 0 Å². The maximum Gasteiger partial charge on any atom is 0.237 e. The lowest BCUT2D eigenvalue weighted by Crippen LogP contribution is -2.31. The maximum atomic E-state index is 5.45. The lowest BCUT2D eigenvalue weighted by molar-refractivity contribution is 0.631. The Kier molecular flexibility index (Phi) is 7.41. The molecule has 4 aromatic heterocycles. The Bertz CT molecular complexity index is 3320. The molecule has 10 aromatic rings. The van der Waals surface area contributed by atoms with Gasteiger partial charge in [0, 0.05) is 45.4 Å². The summed E-state index contributed by atoms with van der Waals surface area (Å²) in [7, 11) is 0. The molecular formula is C51H39N7. The number of rotatable bonds is 4. The number of benzene rings is 6. The van der Waals surface area contributed by atoms with E-state index >= 15 is 0 Å². The second-order valence-corrected chi connectivity index (χ2v) is 16.0. The minimum Gasteiger partial charge on any atom is -0.282 e. The molecule has 7 heteroatoms. The fourth-order valence-electron chi connectivity index (χ4n) is 9.01. The first-order valence-electron chi connectivity index (χ1n) is 19.8. The van der Waals surface area contributed by atoms with E-state index in [0.717, 1.165) is 66.8 Å². The summed E-state index contributed by atoms with van der Waals surface area (Å²) < 4.78 is 2.21. The Hall–Kier alpha value is -7.25. The number of pyridine rings is 1. The molecule has 0 saturated carbocycles. The number of para-hydroxylation sites is 1. The number of fused-ring (bicyclic) bond motifs is 6. The van der Waals surface area contributed by atoms with Crippen LogP contribution in [0.1, 0.15) is 41.8 Å². The van der Waals surface area contributed by atoms with Gasteiger partial charge in [0.1, 0.15) is 0 Å². The number of anilines is 3. The van der Waals surface area contributed by atoms with Gasteiger partial charge < -0.3 is 0 Å². The van der Waals surface area contributed by atoms with E-state index in [-0.39, 0.29) is 5.41 Å². The number of hydrogen-bond acceptors (Lipinski definition) is 6. The van der Waals surface area contributed by atoms with Crippen molar-refractivity contribution < 1.29 is 0 Å². The SMILES string of the molecule is Cc1cnc(-n2c(C)c(C)c3cc4c(cc32)N(c2nc(-c3ccc5ccccc5c3)c3cccnc3n2)c2ccccc2C4(C)C)nc1-c1ccc2ccccc2c1. The second kappa shape index (κ2) is 12.6. The summed E-state index contributed by atoms with van der Waals surface area (Å²) in [5, 5.41) is 6.80. The Morgan fingerprint density at radius 1 is 0.517 bits per heavy atom. The van der Waals surface area contributed by atoms with Crippen molar-refractivity contribution >= 4 is 60.8 Å². The monoisotopic (exact) mass is 749 g/mol. The first-order valence-corrected chi connectivity index (χ1v) is 19.8. The number of nitrogens with zero attached hydrogens (tertiary/aromatic N) is 7. The summed E-state index contributed by atoms with van der Waals surface area (Å²) >= 11 is 0. The zero-order valence-corrected chi connectivity index (χ0v) is 33.0. The third-order valence-corrected chi connectivity index (χ3v) is 12.2. The quantitative estimate of drug-likeness (QED) is 0.178. The van der Waals surface area contributed by atoms with E-state index in [4.69, 9.17) is 24.9 Å². The molecule has 7 nitrogen and oxygen atoms in total. The van der Waals surface area contributed by atoms with Crippen LogP contribution in [-0.4, -0.2) is 29.5 Å². The molecule has 0 bridgehead atoms. The van der Waals surface area contributed by atoms with Crippen LogP contribution in [0.5, 0.6) is 0 Å². The normalized spacial score (nSPS) is 13.4. The van der Waals surface area contributed by atoms with Crippen LogP contribution in [-0.2, 0) is 5.41 Å². The highest BCUT2D eigenvalue weighted by molar-refractivity contribution is 5.99. The average Bonchev–Trinajstić information content (AvgIpc) is 3.50. The molecule has 5 heterocycles. The molecule has 0 atom stereocenters. The summed E-state index contributed by atoms with van der Waals surface area (Å²) in [6.45, 7) is 11.1. The third-order valence-electron chi connectivity index (χ3n) is 12.2. The summed E-state index contributed by atoms with van der Waals surface area (Å²) in [6.07, 6.45) is 3.75. The summed E-state index contributed by atoms with van der Waals surface area (Å²) in [5.74, 6) is 1.20. The number of aromatic nitrogens is 6. The summed E-state index contributed by atoms with van der Waals surface area (Å²) in [5.41, 5.74) is 12.9. The summed E-state index contributed by atoms with van der Waals surface area (Å²) in [6, 6.07) is 47.3. The fourth-order valence-corrected chi connectivity index (χ4v) is 9.01. The van der Waals surface area contributed by atoms with Gasteiger partial charge in [-0.05, 0) is 107 Å². The van der Waals surface area contributed by atoms with Crippen LogP contribution in [0, 0.1) is 20.8 Å². The average molecular weight is 750 g/mol. The third kappa shape index (κ3) is 5.09. The van der Waals surface area contributed by atoms with Crippen molar-refractivity contribution in [3.63, 3.8) is 0 Å². The van der Waals surface area contributed by atoms with E-state index in [1.807, 2.05) is 12.3 Å². The number of hydrogen-bond donors (Lipinski definition) is 0. The topological polar surface area (TPSA) is 72.6 Å². The van der Waals surface area contributed by atoms with E-state index in [1.54, 1.807) is 6.20 Å². The molecule has 0 amide bonds. The van der Waals surface area contributed by atoms with E-state index in [2.05, 4.69) is 171 Å². The van der Waals surface area contributed by atoms with Crippen molar-refractivity contribution in [2.24, 2.45) is 0 Å². The molecule has 6 aromatic carbocycles. The predicted molar refractivity (Wildman–Crippen MR) is 237 cm³/mol. The van der Waals surface area contributed by atoms with Gasteiger partial charge in [-0.25, -0.2) is 19.9 Å². The molecule has 1 aliphatic heterocycles. The van der Waals surface area contributed by atoms with Gasteiger partial charge in [-0.2, -0.15) is 4.98 Å². The van der Waals surface area contributed by atoms with E-state index < -0.39 is 0 Å². The van der Waals surface area contributed by atoms with E-state index in [0.29, 0.717) is 17.5 Å². The van der Waals surface area contributed by atoms with Crippen molar-refractivity contribution in [3.05, 3.63) is 174 Å². The standard InChI is InChI=1S/C51H39N7/c1-30-29-53-49(54-46(30)37-22-20-33-13-6-8-15-35(33)25-37)57-32(3)31(2)40-27-42-45(28-44(40)57)58(43-19-11-10-18-41(43)51(42,4)5)50-55-47(39-17-12-24-52-48(39)56-50)38-23-21-34-14-7-9-16-36(34)26-38/h6-29H,1-5H3. The summed E-state index contributed by atoms with van der Waals surface area (Å²) in [4.78, 5) is 28.0. The van der Waals surface area contributed by atoms with Crippen LogP contribution in [0.2, 0.25) is 0 Å². The highest BCUT2D eigenvalue weighted by atomic mass is 15.3. The molecule has 0 aliphatic carbocycles. The molecule has 58 heavy (non-hydrogen) atoms. The Morgan fingerprint density at radius 3 is 1.91 bits per heavy atom. The van der Waals surface area contributed by atoms with Gasteiger partial charge in [0.05, 0.1) is 28.3 Å². The first kappa shape index (κ1) is 34.0. The lowest BCUT2D eigenvalue weighted by atomic mass is 9.73. The van der Waals surface area contributed by atoms with Crippen LogP contribution in [0.25, 0.3) is 71.9 Å². The molecule has 1 aliphatic rings. The first-order chi connectivity index (χ1) is 28.2. The van der Waals surface area contributed by atoms with Crippen LogP contribution >= 0.6 is 0 Å². The Labute approximate surface area is 336 Å². The van der Waals surface area contributed by atoms with E-state index in [1.165, 1.54) is 32.8 Å². The smallest absolute Gasteiger partial charge is 0.237 e. The van der Waals surface area contributed by atoms with Gasteiger partial charge in [0.25, 0.3) is 0 Å². The van der Waals surface area contributed by atoms with Crippen molar-refractivity contribution in [1.29, 1.82) is 0 Å². The molecule has 0 spiro atoms. The predicted octanol–water partition coefficient (Wildman–Crippen LogP) is 12.4. The highest BCUT2D eigenvalue weighted by Crippen LogP contribution is 2.53. The number of aryl methyl sites for hydroxylation is 2. The van der Waals surface area contributed by atoms with Gasteiger partial charge >= 0.3 is 0 Å². The minimum atomic E-state index is -0.320. The van der Waals surface area contributed by atoms with Crippen molar-refractivity contribution in [3.8, 4) is 28.5 Å². The molecule has 0 saturated heterocycles. The van der Waals surface area contributed by atoms with Crippen LogP contribution in [0.15, 0.2) is 146 Å². The van der Waals surface area contributed by atoms with Crippen LogP contribution in [0.3, 0.4) is 0 Å².